The van der Waals surface area contributed by atoms with Crippen LogP contribution >= 0.6 is 35.6 Å². The average molecular weight is 520 g/mol. The standard InChI is InChI=1S/C18H13ClF3N5O4S2/c1-27-15(29)13(14(32)26-17(27)30)9(23)5-12(28)25-16-24-10(6-33-16)7-2-3-8(19)11(4-7)31-18(20,21)22/h2-4,6,23,32H,5H2,1H3,(H,26,30)(H,24,25,28). The van der Waals surface area contributed by atoms with E-state index in [1.165, 1.54) is 24.6 Å². The lowest BCUT2D eigenvalue weighted by atomic mass is 10.1. The number of aromatic nitrogens is 3. The van der Waals surface area contributed by atoms with Crippen LogP contribution < -0.4 is 21.3 Å². The minimum Gasteiger partial charge on any atom is -0.404 e. The number of hydrogen-bond acceptors (Lipinski definition) is 8. The molecule has 3 rings (SSSR count). The smallest absolute Gasteiger partial charge is 0.404 e. The zero-order valence-electron chi connectivity index (χ0n) is 16.4. The number of hydrogen-bond donors (Lipinski definition) is 4. The number of benzene rings is 1. The molecule has 174 valence electrons. The third-order valence-corrected chi connectivity index (χ3v) is 5.53. The van der Waals surface area contributed by atoms with Gasteiger partial charge in [0.25, 0.3) is 5.56 Å². The van der Waals surface area contributed by atoms with Crippen LogP contribution in [0.2, 0.25) is 5.02 Å². The number of thiol groups is 1. The lowest BCUT2D eigenvalue weighted by molar-refractivity contribution is -0.274. The molecular weight excluding hydrogens is 507 g/mol. The maximum atomic E-state index is 12.5. The molecule has 3 N–H and O–H groups in total. The average Bonchev–Trinajstić information content (AvgIpc) is 3.15. The molecule has 0 saturated heterocycles. The van der Waals surface area contributed by atoms with Gasteiger partial charge < -0.3 is 20.4 Å². The van der Waals surface area contributed by atoms with E-state index in [9.17, 15) is 27.6 Å². The van der Waals surface area contributed by atoms with Crippen molar-refractivity contribution >= 4 is 52.3 Å². The molecule has 0 saturated carbocycles. The molecule has 0 radical (unpaired) electrons. The van der Waals surface area contributed by atoms with E-state index in [0.717, 1.165) is 22.0 Å². The number of thiazole rings is 1. The summed E-state index contributed by atoms with van der Waals surface area (Å²) in [5.41, 5.74) is -1.59. The Hall–Kier alpha value is -3.10. The number of anilines is 1. The van der Waals surface area contributed by atoms with E-state index < -0.39 is 35.7 Å². The van der Waals surface area contributed by atoms with Gasteiger partial charge in [-0.25, -0.2) is 9.78 Å². The Balaban J connectivity index is 1.74. The Morgan fingerprint density at radius 2 is 2.09 bits per heavy atom. The molecule has 1 amide bonds. The molecule has 9 nitrogen and oxygen atoms in total. The normalized spacial score (nSPS) is 11.3. The first kappa shape index (κ1) is 24.5. The highest BCUT2D eigenvalue weighted by atomic mass is 35.5. The van der Waals surface area contributed by atoms with E-state index in [2.05, 4.69) is 32.7 Å². The third-order valence-electron chi connectivity index (χ3n) is 4.13. The van der Waals surface area contributed by atoms with Crippen LogP contribution in [-0.4, -0.2) is 32.5 Å². The van der Waals surface area contributed by atoms with E-state index in [1.54, 1.807) is 0 Å². The lowest BCUT2D eigenvalue weighted by Gasteiger charge is -2.11. The summed E-state index contributed by atoms with van der Waals surface area (Å²) in [6, 6.07) is 3.71. The number of nitrogens with zero attached hydrogens (tertiary/aromatic N) is 2. The Bertz CT molecular complexity index is 1370. The number of nitrogens with one attached hydrogen (secondary N) is 3. The van der Waals surface area contributed by atoms with Crippen molar-refractivity contribution in [3.8, 4) is 17.0 Å². The van der Waals surface area contributed by atoms with Crippen molar-refractivity contribution in [1.82, 2.24) is 14.5 Å². The zero-order valence-corrected chi connectivity index (χ0v) is 18.9. The van der Waals surface area contributed by atoms with E-state index >= 15 is 0 Å². The van der Waals surface area contributed by atoms with Crippen LogP contribution in [0.4, 0.5) is 18.3 Å². The van der Waals surface area contributed by atoms with Crippen LogP contribution in [0.1, 0.15) is 12.0 Å². The number of amides is 1. The number of H-pyrrole nitrogens is 1. The Morgan fingerprint density at radius 1 is 1.39 bits per heavy atom. The van der Waals surface area contributed by atoms with Crippen molar-refractivity contribution in [2.45, 2.75) is 17.8 Å². The third kappa shape index (κ3) is 5.83. The lowest BCUT2D eigenvalue weighted by Crippen LogP contribution is -2.37. The molecule has 0 bridgehead atoms. The summed E-state index contributed by atoms with van der Waals surface area (Å²) in [7, 11) is 1.21. The SMILES string of the molecule is Cn1c(=O)[nH]c(S)c(C(=N)CC(=O)Nc2nc(-c3ccc(Cl)c(OC(F)(F)F)c3)cs2)c1=O. The Morgan fingerprint density at radius 3 is 2.76 bits per heavy atom. The van der Waals surface area contributed by atoms with Crippen molar-refractivity contribution < 1.29 is 22.7 Å². The molecule has 0 aliphatic carbocycles. The van der Waals surface area contributed by atoms with Gasteiger partial charge in [-0.1, -0.05) is 17.7 Å². The molecule has 2 aromatic heterocycles. The highest BCUT2D eigenvalue weighted by Gasteiger charge is 2.32. The van der Waals surface area contributed by atoms with Crippen molar-refractivity contribution in [3.63, 3.8) is 0 Å². The van der Waals surface area contributed by atoms with Gasteiger partial charge in [-0.2, -0.15) is 0 Å². The summed E-state index contributed by atoms with van der Waals surface area (Å²) in [5, 5.41) is 11.7. The molecule has 15 heteroatoms. The molecule has 0 spiro atoms. The molecule has 0 atom stereocenters. The summed E-state index contributed by atoms with van der Waals surface area (Å²) in [6.07, 6.45) is -5.44. The largest absolute Gasteiger partial charge is 0.573 e. The number of alkyl halides is 3. The van der Waals surface area contributed by atoms with Gasteiger partial charge in [0.1, 0.15) is 5.75 Å². The number of carbonyl (C=O) groups is 1. The number of rotatable bonds is 6. The first-order chi connectivity index (χ1) is 15.4. The summed E-state index contributed by atoms with van der Waals surface area (Å²) in [4.78, 5) is 42.5. The zero-order chi connectivity index (χ0) is 24.5. The number of halogens is 4. The number of carbonyl (C=O) groups excluding carboxylic acids is 1. The van der Waals surface area contributed by atoms with Crippen LogP contribution in [-0.2, 0) is 11.8 Å². The molecular formula is C18H13ClF3N5O4S2. The fourth-order valence-electron chi connectivity index (χ4n) is 2.62. The highest BCUT2D eigenvalue weighted by Crippen LogP contribution is 2.35. The highest BCUT2D eigenvalue weighted by molar-refractivity contribution is 7.80. The topological polar surface area (TPSA) is 130 Å². The molecule has 0 unspecified atom stereocenters. The maximum Gasteiger partial charge on any atom is 0.573 e. The molecule has 0 aliphatic rings. The summed E-state index contributed by atoms with van der Waals surface area (Å²) >= 11 is 10.7. The molecule has 0 fully saturated rings. The maximum absolute atomic E-state index is 12.5. The first-order valence-corrected chi connectivity index (χ1v) is 10.5. The monoisotopic (exact) mass is 519 g/mol. The van der Waals surface area contributed by atoms with Crippen LogP contribution in [0, 0.1) is 5.41 Å². The van der Waals surface area contributed by atoms with Crippen LogP contribution in [0.3, 0.4) is 0 Å². The second-order valence-electron chi connectivity index (χ2n) is 6.45. The van der Waals surface area contributed by atoms with Gasteiger partial charge in [0.15, 0.2) is 5.13 Å². The minimum absolute atomic E-state index is 0.108. The van der Waals surface area contributed by atoms with Crippen molar-refractivity contribution in [3.05, 3.63) is 55.0 Å². The van der Waals surface area contributed by atoms with Crippen molar-refractivity contribution in [2.24, 2.45) is 7.05 Å². The number of aromatic amines is 1. The van der Waals surface area contributed by atoms with Gasteiger partial charge in [0.2, 0.25) is 5.91 Å². The minimum atomic E-state index is -4.92. The van der Waals surface area contributed by atoms with E-state index in [1.807, 2.05) is 0 Å². The van der Waals surface area contributed by atoms with Crippen molar-refractivity contribution in [1.29, 1.82) is 5.41 Å². The van der Waals surface area contributed by atoms with E-state index in [0.29, 0.717) is 0 Å². The summed E-state index contributed by atoms with van der Waals surface area (Å²) in [5.74, 6) is -1.28. The first-order valence-electron chi connectivity index (χ1n) is 8.77. The van der Waals surface area contributed by atoms with E-state index in [-0.39, 0.29) is 37.7 Å². The van der Waals surface area contributed by atoms with Gasteiger partial charge in [-0.05, 0) is 12.1 Å². The fraction of sp³-hybridized carbons (Fsp3) is 0.167. The summed E-state index contributed by atoms with van der Waals surface area (Å²) in [6.45, 7) is 0. The van der Waals surface area contributed by atoms with Gasteiger partial charge in [-0.15, -0.1) is 37.1 Å². The van der Waals surface area contributed by atoms with Crippen LogP contribution in [0.15, 0.2) is 38.2 Å². The fourth-order valence-corrected chi connectivity index (χ4v) is 3.84. The second-order valence-corrected chi connectivity index (χ2v) is 8.16. The van der Waals surface area contributed by atoms with Crippen molar-refractivity contribution in [2.75, 3.05) is 5.32 Å². The Kier molecular flexibility index (Phi) is 7.00. The van der Waals surface area contributed by atoms with Gasteiger partial charge in [0.05, 0.1) is 33.4 Å². The van der Waals surface area contributed by atoms with Crippen LogP contribution in [0.25, 0.3) is 11.3 Å². The van der Waals surface area contributed by atoms with Gasteiger partial charge in [0, 0.05) is 18.0 Å². The molecule has 2 heterocycles. The Labute approximate surface area is 197 Å². The molecule has 33 heavy (non-hydrogen) atoms. The molecule has 0 aliphatic heterocycles. The molecule has 1 aromatic carbocycles. The van der Waals surface area contributed by atoms with E-state index in [4.69, 9.17) is 17.0 Å². The quantitative estimate of drug-likeness (QED) is 0.225. The van der Waals surface area contributed by atoms with Gasteiger partial charge in [-0.3, -0.25) is 14.2 Å². The summed E-state index contributed by atoms with van der Waals surface area (Å²) < 4.78 is 42.2. The van der Waals surface area contributed by atoms with Gasteiger partial charge >= 0.3 is 12.1 Å². The predicted molar refractivity (Wildman–Crippen MR) is 119 cm³/mol. The molecule has 3 aromatic rings. The van der Waals surface area contributed by atoms with Crippen LogP contribution in [0.5, 0.6) is 5.75 Å². The predicted octanol–water partition coefficient (Wildman–Crippen LogP) is 3.43. The second kappa shape index (κ2) is 9.41. The number of ether oxygens (including phenoxy) is 1.